The molecule has 1 N–H and O–H groups in total. The van der Waals surface area contributed by atoms with Gasteiger partial charge in [0.25, 0.3) is 0 Å². The van der Waals surface area contributed by atoms with Crippen LogP contribution >= 0.6 is 11.3 Å². The van der Waals surface area contributed by atoms with Crippen LogP contribution in [0.4, 0.5) is 4.79 Å². The number of amides is 2. The third-order valence-electron chi connectivity index (χ3n) is 4.24. The van der Waals surface area contributed by atoms with Gasteiger partial charge in [-0.1, -0.05) is 11.3 Å². The van der Waals surface area contributed by atoms with Gasteiger partial charge < -0.3 is 15.0 Å². The van der Waals surface area contributed by atoms with Crippen LogP contribution in [0.3, 0.4) is 0 Å². The topological polar surface area (TPSA) is 67.3 Å². The van der Waals surface area contributed by atoms with Crippen LogP contribution in [0.15, 0.2) is 0 Å². The van der Waals surface area contributed by atoms with Gasteiger partial charge >= 0.3 is 6.03 Å². The van der Waals surface area contributed by atoms with E-state index in [-0.39, 0.29) is 11.6 Å². The van der Waals surface area contributed by atoms with Crippen molar-refractivity contribution in [3.63, 3.8) is 0 Å². The maximum atomic E-state index is 12.2. The first kappa shape index (κ1) is 14.7. The van der Waals surface area contributed by atoms with Gasteiger partial charge in [0, 0.05) is 19.6 Å². The summed E-state index contributed by atoms with van der Waals surface area (Å²) in [6.07, 6.45) is 4.42. The van der Waals surface area contributed by atoms with E-state index in [1.54, 1.807) is 18.4 Å². The molecular weight excluding hydrogens is 288 g/mol. The van der Waals surface area contributed by atoms with E-state index in [1.807, 2.05) is 4.90 Å². The summed E-state index contributed by atoms with van der Waals surface area (Å²) in [5.74, 6) is 0.622. The largest absolute Gasteiger partial charge is 0.377 e. The van der Waals surface area contributed by atoms with E-state index in [1.165, 1.54) is 12.8 Å². The zero-order valence-corrected chi connectivity index (χ0v) is 13.4. The fourth-order valence-corrected chi connectivity index (χ4v) is 3.59. The van der Waals surface area contributed by atoms with E-state index in [0.717, 1.165) is 29.4 Å². The van der Waals surface area contributed by atoms with Crippen molar-refractivity contribution >= 4 is 17.4 Å². The average molecular weight is 310 g/mol. The minimum Gasteiger partial charge on any atom is -0.377 e. The molecule has 1 aliphatic carbocycles. The van der Waals surface area contributed by atoms with Gasteiger partial charge in [0.1, 0.15) is 10.0 Å². The molecule has 2 aliphatic rings. The van der Waals surface area contributed by atoms with Crippen LogP contribution in [0.1, 0.15) is 48.5 Å². The van der Waals surface area contributed by atoms with Gasteiger partial charge in [0.2, 0.25) is 0 Å². The molecule has 1 aromatic rings. The van der Waals surface area contributed by atoms with Crippen LogP contribution < -0.4 is 5.32 Å². The number of urea groups is 1. The Balaban J connectivity index is 1.51. The van der Waals surface area contributed by atoms with Crippen molar-refractivity contribution in [3.05, 3.63) is 10.0 Å². The van der Waals surface area contributed by atoms with Gasteiger partial charge in [-0.2, -0.15) is 0 Å². The highest BCUT2D eigenvalue weighted by Crippen LogP contribution is 2.41. The molecule has 1 saturated carbocycles. The van der Waals surface area contributed by atoms with E-state index in [4.69, 9.17) is 4.74 Å². The standard InChI is InChI=1S/C14H22N4O2S/c1-14(20-2)6-3-7-18(9-14)13(19)15-8-11-16-17-12(21-11)10-4-5-10/h10H,3-9H2,1-2H3,(H,15,19). The number of methoxy groups -OCH3 is 1. The van der Waals surface area contributed by atoms with Crippen molar-refractivity contribution in [1.82, 2.24) is 20.4 Å². The molecule has 0 radical (unpaired) electrons. The predicted octanol–water partition coefficient (Wildman–Crippen LogP) is 2.13. The Labute approximate surface area is 128 Å². The second-order valence-electron chi connectivity index (χ2n) is 6.15. The summed E-state index contributed by atoms with van der Waals surface area (Å²) < 4.78 is 5.52. The first-order valence-electron chi connectivity index (χ1n) is 7.50. The molecule has 1 aromatic heterocycles. The minimum absolute atomic E-state index is 0.0406. The Morgan fingerprint density at radius 3 is 3.05 bits per heavy atom. The van der Waals surface area contributed by atoms with Crippen molar-refractivity contribution in [2.24, 2.45) is 0 Å². The highest BCUT2D eigenvalue weighted by molar-refractivity contribution is 7.11. The third kappa shape index (κ3) is 3.52. The Morgan fingerprint density at radius 1 is 1.52 bits per heavy atom. The van der Waals surface area contributed by atoms with Gasteiger partial charge in [-0.25, -0.2) is 4.79 Å². The molecule has 2 amide bonds. The molecule has 0 bridgehead atoms. The van der Waals surface area contributed by atoms with Crippen LogP contribution in [0, 0.1) is 0 Å². The summed E-state index contributed by atoms with van der Waals surface area (Å²) in [5, 5.41) is 13.3. The zero-order valence-electron chi connectivity index (χ0n) is 12.6. The Hall–Kier alpha value is -1.21. The number of ether oxygens (including phenoxy) is 1. The van der Waals surface area contributed by atoms with Crippen LogP contribution in [-0.4, -0.2) is 46.9 Å². The molecule has 6 nitrogen and oxygen atoms in total. The normalized spacial score (nSPS) is 25.9. The lowest BCUT2D eigenvalue weighted by molar-refractivity contribution is -0.0401. The second-order valence-corrected chi connectivity index (χ2v) is 7.24. The van der Waals surface area contributed by atoms with Gasteiger partial charge in [-0.15, -0.1) is 10.2 Å². The van der Waals surface area contributed by atoms with E-state index >= 15 is 0 Å². The number of carbonyl (C=O) groups excluding carboxylic acids is 1. The lowest BCUT2D eigenvalue weighted by atomic mass is 9.95. The lowest BCUT2D eigenvalue weighted by Crippen LogP contribution is -2.52. The number of carbonyl (C=O) groups is 1. The predicted molar refractivity (Wildman–Crippen MR) is 80.3 cm³/mol. The first-order valence-corrected chi connectivity index (χ1v) is 8.31. The van der Waals surface area contributed by atoms with Crippen molar-refractivity contribution < 1.29 is 9.53 Å². The van der Waals surface area contributed by atoms with E-state index < -0.39 is 0 Å². The SMILES string of the molecule is COC1(C)CCCN(C(=O)NCc2nnc(C3CC3)s2)C1. The fourth-order valence-electron chi connectivity index (χ4n) is 2.64. The molecule has 7 heteroatoms. The van der Waals surface area contributed by atoms with Crippen LogP contribution in [-0.2, 0) is 11.3 Å². The Morgan fingerprint density at radius 2 is 2.33 bits per heavy atom. The molecule has 1 saturated heterocycles. The van der Waals surface area contributed by atoms with Crippen LogP contribution in [0.25, 0.3) is 0 Å². The van der Waals surface area contributed by atoms with E-state index in [0.29, 0.717) is 19.0 Å². The first-order chi connectivity index (χ1) is 10.1. The fraction of sp³-hybridized carbons (Fsp3) is 0.786. The van der Waals surface area contributed by atoms with Crippen molar-refractivity contribution in [2.45, 2.75) is 50.7 Å². The van der Waals surface area contributed by atoms with Gasteiger partial charge in [-0.05, 0) is 32.6 Å². The molecule has 2 fully saturated rings. The van der Waals surface area contributed by atoms with Crippen LogP contribution in [0.5, 0.6) is 0 Å². The summed E-state index contributed by atoms with van der Waals surface area (Å²) >= 11 is 1.62. The van der Waals surface area contributed by atoms with Gasteiger partial charge in [0.15, 0.2) is 0 Å². The number of hydrogen-bond donors (Lipinski definition) is 1. The number of rotatable bonds is 4. The average Bonchev–Trinajstić information content (AvgIpc) is 3.24. The second kappa shape index (κ2) is 5.88. The van der Waals surface area contributed by atoms with E-state index in [2.05, 4.69) is 22.4 Å². The summed E-state index contributed by atoms with van der Waals surface area (Å²) in [6, 6.07) is -0.0406. The maximum Gasteiger partial charge on any atom is 0.317 e. The van der Waals surface area contributed by atoms with Crippen molar-refractivity contribution in [3.8, 4) is 0 Å². The molecule has 1 atom stereocenters. The smallest absolute Gasteiger partial charge is 0.317 e. The lowest BCUT2D eigenvalue weighted by Gasteiger charge is -2.39. The molecular formula is C14H22N4O2S. The number of piperidine rings is 1. The summed E-state index contributed by atoms with van der Waals surface area (Å²) in [7, 11) is 1.71. The molecule has 116 valence electrons. The van der Waals surface area contributed by atoms with Gasteiger partial charge in [-0.3, -0.25) is 0 Å². The number of nitrogens with zero attached hydrogens (tertiary/aromatic N) is 3. The zero-order chi connectivity index (χ0) is 14.9. The van der Waals surface area contributed by atoms with Crippen molar-refractivity contribution in [2.75, 3.05) is 20.2 Å². The number of nitrogens with one attached hydrogen (secondary N) is 1. The highest BCUT2D eigenvalue weighted by atomic mass is 32.1. The van der Waals surface area contributed by atoms with Gasteiger partial charge in [0.05, 0.1) is 18.7 Å². The number of hydrogen-bond acceptors (Lipinski definition) is 5. The maximum absolute atomic E-state index is 12.2. The summed E-state index contributed by atoms with van der Waals surface area (Å²) in [6.45, 7) is 3.94. The third-order valence-corrected chi connectivity index (χ3v) is 5.32. The van der Waals surface area contributed by atoms with Crippen molar-refractivity contribution in [1.29, 1.82) is 0 Å². The molecule has 3 rings (SSSR count). The molecule has 1 unspecified atom stereocenters. The van der Waals surface area contributed by atoms with E-state index in [9.17, 15) is 4.79 Å². The molecule has 0 aromatic carbocycles. The van der Waals surface area contributed by atoms with Crippen LogP contribution in [0.2, 0.25) is 0 Å². The Bertz CT molecular complexity index is 517. The number of likely N-dealkylation sites (tertiary alicyclic amines) is 1. The monoisotopic (exact) mass is 310 g/mol. The minimum atomic E-state index is -0.225. The quantitative estimate of drug-likeness (QED) is 0.925. The molecule has 21 heavy (non-hydrogen) atoms. The summed E-state index contributed by atoms with van der Waals surface area (Å²) in [4.78, 5) is 14.1. The molecule has 2 heterocycles. The highest BCUT2D eigenvalue weighted by Gasteiger charge is 2.33. The summed E-state index contributed by atoms with van der Waals surface area (Å²) in [5.41, 5.74) is -0.225. The molecule has 1 aliphatic heterocycles. The number of aromatic nitrogens is 2. The Kier molecular flexibility index (Phi) is 4.12. The molecule has 0 spiro atoms.